The van der Waals surface area contributed by atoms with Crippen LogP contribution in [0.3, 0.4) is 0 Å². The van der Waals surface area contributed by atoms with Gasteiger partial charge in [0.15, 0.2) is 5.76 Å². The predicted octanol–water partition coefficient (Wildman–Crippen LogP) is 5.25. The number of carbonyl (C=O) groups excluding carboxylic acids is 1. The van der Waals surface area contributed by atoms with Gasteiger partial charge in [-0.3, -0.25) is 4.79 Å². The van der Waals surface area contributed by atoms with Crippen molar-refractivity contribution in [2.75, 3.05) is 6.54 Å². The van der Waals surface area contributed by atoms with Gasteiger partial charge in [0.2, 0.25) is 0 Å². The first-order chi connectivity index (χ1) is 13.2. The summed E-state index contributed by atoms with van der Waals surface area (Å²) in [7, 11) is 0. The van der Waals surface area contributed by atoms with Gasteiger partial charge < -0.3 is 9.84 Å². The molecule has 0 unspecified atom stereocenters. The number of fused-ring (bicyclic) bond motifs is 1. The molecule has 0 saturated heterocycles. The van der Waals surface area contributed by atoms with Crippen molar-refractivity contribution in [2.24, 2.45) is 0 Å². The molecule has 0 fully saturated rings. The second kappa shape index (κ2) is 7.74. The minimum Gasteiger partial charge on any atom is -0.355 e. The average Bonchev–Trinajstić information content (AvgIpc) is 3.12. The van der Waals surface area contributed by atoms with Crippen LogP contribution in [0.5, 0.6) is 0 Å². The van der Waals surface area contributed by atoms with Crippen LogP contribution in [0.2, 0.25) is 0 Å². The molecule has 0 atom stereocenters. The number of carbonyl (C=O) groups is 1. The molecule has 4 rings (SSSR count). The SMILES string of the molecule is O=C(NCCC1=CCCCC1)c1ccc2noc(-c3ccc(F)cc3)c2c1. The van der Waals surface area contributed by atoms with Crippen molar-refractivity contribution in [3.05, 3.63) is 65.5 Å². The number of hydrogen-bond acceptors (Lipinski definition) is 3. The summed E-state index contributed by atoms with van der Waals surface area (Å²) in [5, 5.41) is 7.76. The molecule has 0 radical (unpaired) electrons. The summed E-state index contributed by atoms with van der Waals surface area (Å²) < 4.78 is 18.6. The van der Waals surface area contributed by atoms with E-state index in [9.17, 15) is 9.18 Å². The van der Waals surface area contributed by atoms with E-state index in [1.54, 1.807) is 30.3 Å². The van der Waals surface area contributed by atoms with E-state index in [0.29, 0.717) is 23.4 Å². The molecule has 1 aliphatic carbocycles. The molecular formula is C22H21FN2O2. The highest BCUT2D eigenvalue weighted by molar-refractivity contribution is 6.00. The highest BCUT2D eigenvalue weighted by atomic mass is 19.1. The lowest BCUT2D eigenvalue weighted by Crippen LogP contribution is -2.24. The van der Waals surface area contributed by atoms with E-state index in [1.807, 2.05) is 0 Å². The lowest BCUT2D eigenvalue weighted by molar-refractivity contribution is 0.0954. The van der Waals surface area contributed by atoms with Gasteiger partial charge in [-0.05, 0) is 74.6 Å². The maximum atomic E-state index is 13.2. The Morgan fingerprint density at radius 3 is 2.78 bits per heavy atom. The van der Waals surface area contributed by atoms with Crippen LogP contribution < -0.4 is 5.32 Å². The Morgan fingerprint density at radius 2 is 2.00 bits per heavy atom. The van der Waals surface area contributed by atoms with Gasteiger partial charge in [0.05, 0.1) is 5.39 Å². The molecule has 1 aliphatic rings. The maximum Gasteiger partial charge on any atom is 0.251 e. The predicted molar refractivity (Wildman–Crippen MR) is 103 cm³/mol. The normalized spacial score (nSPS) is 14.2. The zero-order chi connectivity index (χ0) is 18.6. The highest BCUT2D eigenvalue weighted by Crippen LogP contribution is 2.29. The summed E-state index contributed by atoms with van der Waals surface area (Å²) in [5.41, 5.74) is 3.39. The molecule has 0 bridgehead atoms. The van der Waals surface area contributed by atoms with Crippen molar-refractivity contribution in [1.82, 2.24) is 10.5 Å². The van der Waals surface area contributed by atoms with Gasteiger partial charge in [0.25, 0.3) is 5.91 Å². The second-order valence-corrected chi connectivity index (χ2v) is 6.86. The number of rotatable bonds is 5. The number of amides is 1. The monoisotopic (exact) mass is 364 g/mol. The molecule has 138 valence electrons. The first kappa shape index (κ1) is 17.5. The first-order valence-corrected chi connectivity index (χ1v) is 9.32. The van der Waals surface area contributed by atoms with Gasteiger partial charge in [0, 0.05) is 17.7 Å². The molecule has 3 aromatic rings. The number of hydrogen-bond donors (Lipinski definition) is 1. The lowest BCUT2D eigenvalue weighted by atomic mass is 9.97. The third kappa shape index (κ3) is 3.92. The Kier molecular flexibility index (Phi) is 5.01. The largest absolute Gasteiger partial charge is 0.355 e. The fraction of sp³-hybridized carbons (Fsp3) is 0.273. The summed E-state index contributed by atoms with van der Waals surface area (Å²) in [6, 6.07) is 11.3. The standard InChI is InChI=1S/C22H21FN2O2/c23-18-9-6-16(7-10-18)21-19-14-17(8-11-20(19)25-27-21)22(26)24-13-12-15-4-2-1-3-5-15/h4,6-11,14H,1-3,5,12-13H2,(H,24,26). The molecule has 4 nitrogen and oxygen atoms in total. The van der Waals surface area contributed by atoms with Crippen molar-refractivity contribution < 1.29 is 13.7 Å². The molecule has 0 aliphatic heterocycles. The number of nitrogens with zero attached hydrogens (tertiary/aromatic N) is 1. The highest BCUT2D eigenvalue weighted by Gasteiger charge is 2.14. The molecule has 2 aromatic carbocycles. The van der Waals surface area contributed by atoms with Crippen LogP contribution in [0, 0.1) is 5.82 Å². The van der Waals surface area contributed by atoms with E-state index in [4.69, 9.17) is 4.52 Å². The number of aromatic nitrogens is 1. The molecule has 1 amide bonds. The van der Waals surface area contributed by atoms with Crippen LogP contribution in [-0.2, 0) is 0 Å². The fourth-order valence-electron chi connectivity index (χ4n) is 3.46. The third-order valence-electron chi connectivity index (χ3n) is 4.96. The fourth-order valence-corrected chi connectivity index (χ4v) is 3.46. The number of benzene rings is 2. The zero-order valence-electron chi connectivity index (χ0n) is 15.0. The van der Waals surface area contributed by atoms with Gasteiger partial charge in [-0.1, -0.05) is 16.8 Å². The van der Waals surface area contributed by atoms with E-state index < -0.39 is 0 Å². The minimum atomic E-state index is -0.310. The molecule has 1 N–H and O–H groups in total. The Morgan fingerprint density at radius 1 is 1.15 bits per heavy atom. The lowest BCUT2D eigenvalue weighted by Gasteiger charge is -2.13. The van der Waals surface area contributed by atoms with E-state index in [2.05, 4.69) is 16.5 Å². The van der Waals surface area contributed by atoms with Crippen LogP contribution in [-0.4, -0.2) is 17.6 Å². The quantitative estimate of drug-likeness (QED) is 0.629. The summed E-state index contributed by atoms with van der Waals surface area (Å²) in [4.78, 5) is 12.5. The molecule has 1 aromatic heterocycles. The van der Waals surface area contributed by atoms with E-state index >= 15 is 0 Å². The van der Waals surface area contributed by atoms with Crippen LogP contribution in [0.25, 0.3) is 22.2 Å². The third-order valence-corrected chi connectivity index (χ3v) is 4.96. The summed E-state index contributed by atoms with van der Waals surface area (Å²) in [5.74, 6) is 0.113. The van der Waals surface area contributed by atoms with Gasteiger partial charge in [-0.2, -0.15) is 0 Å². The average molecular weight is 364 g/mol. The van der Waals surface area contributed by atoms with Crippen LogP contribution in [0.4, 0.5) is 4.39 Å². The molecule has 27 heavy (non-hydrogen) atoms. The smallest absolute Gasteiger partial charge is 0.251 e. The van der Waals surface area contributed by atoms with Crippen LogP contribution in [0.15, 0.2) is 58.6 Å². The van der Waals surface area contributed by atoms with E-state index in [-0.39, 0.29) is 11.7 Å². The van der Waals surface area contributed by atoms with Crippen molar-refractivity contribution in [3.8, 4) is 11.3 Å². The van der Waals surface area contributed by atoms with Crippen molar-refractivity contribution in [3.63, 3.8) is 0 Å². The van der Waals surface area contributed by atoms with Crippen LogP contribution >= 0.6 is 0 Å². The molecule has 0 spiro atoms. The molecule has 0 saturated carbocycles. The Balaban J connectivity index is 1.50. The summed E-state index contributed by atoms with van der Waals surface area (Å²) in [6.45, 7) is 0.636. The van der Waals surface area contributed by atoms with Crippen LogP contribution in [0.1, 0.15) is 42.5 Å². The molecular weight excluding hydrogens is 343 g/mol. The molecule has 1 heterocycles. The van der Waals surface area contributed by atoms with Gasteiger partial charge in [-0.25, -0.2) is 4.39 Å². The Labute approximate surface area is 157 Å². The topological polar surface area (TPSA) is 55.1 Å². The van der Waals surface area contributed by atoms with E-state index in [1.165, 1.54) is 30.5 Å². The van der Waals surface area contributed by atoms with E-state index in [0.717, 1.165) is 30.2 Å². The zero-order valence-corrected chi connectivity index (χ0v) is 15.0. The Bertz CT molecular complexity index is 989. The minimum absolute atomic E-state index is 0.112. The number of halogens is 1. The molecule has 5 heteroatoms. The van der Waals surface area contributed by atoms with Crippen molar-refractivity contribution in [2.45, 2.75) is 32.1 Å². The van der Waals surface area contributed by atoms with Crippen molar-refractivity contribution in [1.29, 1.82) is 0 Å². The first-order valence-electron chi connectivity index (χ1n) is 9.32. The van der Waals surface area contributed by atoms with Crippen molar-refractivity contribution >= 4 is 16.8 Å². The second-order valence-electron chi connectivity index (χ2n) is 6.86. The van der Waals surface area contributed by atoms with Gasteiger partial charge >= 0.3 is 0 Å². The number of nitrogens with one attached hydrogen (secondary N) is 1. The summed E-state index contributed by atoms with van der Waals surface area (Å²) >= 11 is 0. The Hall–Kier alpha value is -2.95. The van der Waals surface area contributed by atoms with Gasteiger partial charge in [0.1, 0.15) is 11.3 Å². The van der Waals surface area contributed by atoms with Gasteiger partial charge in [-0.15, -0.1) is 0 Å². The number of allylic oxidation sites excluding steroid dienone is 1. The maximum absolute atomic E-state index is 13.2. The summed E-state index contributed by atoms with van der Waals surface area (Å²) in [6.07, 6.45) is 8.01.